The van der Waals surface area contributed by atoms with Crippen LogP contribution in [0.2, 0.25) is 0 Å². The minimum absolute atomic E-state index is 0.298. The molecule has 108 valence electrons. The van der Waals surface area contributed by atoms with Crippen molar-refractivity contribution in [3.63, 3.8) is 0 Å². The first kappa shape index (κ1) is 14.3. The summed E-state index contributed by atoms with van der Waals surface area (Å²) in [6, 6.07) is 0. The van der Waals surface area contributed by atoms with Gasteiger partial charge in [0.15, 0.2) is 0 Å². The van der Waals surface area contributed by atoms with Crippen molar-refractivity contribution < 1.29 is 13.2 Å². The van der Waals surface area contributed by atoms with Crippen LogP contribution in [-0.2, 0) is 6.54 Å². The monoisotopic (exact) mass is 276 g/mol. The molecule has 0 amide bonds. The van der Waals surface area contributed by atoms with Gasteiger partial charge in [-0.15, -0.1) is 0 Å². The lowest BCUT2D eigenvalue weighted by molar-refractivity contribution is -0.143. The van der Waals surface area contributed by atoms with Crippen molar-refractivity contribution in [2.24, 2.45) is 5.92 Å². The molecule has 1 aliphatic heterocycles. The number of nitrogens with zero attached hydrogens (tertiary/aromatic N) is 2. The quantitative estimate of drug-likeness (QED) is 0.860. The number of nitrogens with one attached hydrogen (secondary N) is 2. The fourth-order valence-electron chi connectivity index (χ4n) is 2.45. The van der Waals surface area contributed by atoms with Crippen LogP contribution in [0.25, 0.3) is 0 Å². The number of hydrogen-bond acceptors (Lipinski definition) is 3. The summed E-state index contributed by atoms with van der Waals surface area (Å²) in [6.45, 7) is 3.57. The van der Waals surface area contributed by atoms with Gasteiger partial charge in [-0.05, 0) is 32.4 Å². The van der Waals surface area contributed by atoms with Crippen LogP contribution in [0.1, 0.15) is 17.9 Å². The number of alkyl halides is 3. The number of hydrogen-bond donors (Lipinski definition) is 2. The molecular weight excluding hydrogens is 257 g/mol. The number of likely N-dealkylation sites (tertiary alicyclic amines) is 1. The third-order valence-electron chi connectivity index (χ3n) is 3.28. The molecule has 0 bridgehead atoms. The molecular formula is C12H19F3N4. The maximum Gasteiger partial charge on any atom is 0.401 e. The molecule has 0 aromatic carbocycles. The fraction of sp³-hybridized carbons (Fsp3) is 0.750. The summed E-state index contributed by atoms with van der Waals surface area (Å²) in [5.41, 5.74) is 1.00. The molecule has 0 radical (unpaired) electrons. The molecule has 1 aliphatic rings. The van der Waals surface area contributed by atoms with E-state index >= 15 is 0 Å². The Morgan fingerprint density at radius 1 is 1.53 bits per heavy atom. The Bertz CT molecular complexity index is 402. The van der Waals surface area contributed by atoms with Crippen molar-refractivity contribution in [1.82, 2.24) is 20.2 Å². The van der Waals surface area contributed by atoms with Gasteiger partial charge in [-0.2, -0.15) is 13.2 Å². The molecule has 1 saturated heterocycles. The van der Waals surface area contributed by atoms with Crippen LogP contribution >= 0.6 is 0 Å². The largest absolute Gasteiger partial charge is 0.401 e. The molecule has 19 heavy (non-hydrogen) atoms. The lowest BCUT2D eigenvalue weighted by atomic mass is 10.1. The minimum atomic E-state index is -4.09. The molecule has 1 atom stereocenters. The highest BCUT2D eigenvalue weighted by Gasteiger charge is 2.34. The second kappa shape index (κ2) is 5.92. The van der Waals surface area contributed by atoms with Crippen LogP contribution < -0.4 is 5.32 Å². The third-order valence-corrected chi connectivity index (χ3v) is 3.28. The molecule has 0 aliphatic carbocycles. The predicted octanol–water partition coefficient (Wildman–Crippen LogP) is 1.69. The van der Waals surface area contributed by atoms with Gasteiger partial charge in [-0.3, -0.25) is 4.90 Å². The lowest BCUT2D eigenvalue weighted by Crippen LogP contribution is -2.33. The first-order valence-corrected chi connectivity index (χ1v) is 6.43. The van der Waals surface area contributed by atoms with Gasteiger partial charge >= 0.3 is 6.18 Å². The van der Waals surface area contributed by atoms with E-state index in [-0.39, 0.29) is 0 Å². The van der Waals surface area contributed by atoms with E-state index in [4.69, 9.17) is 0 Å². The van der Waals surface area contributed by atoms with Gasteiger partial charge in [0.2, 0.25) is 0 Å². The van der Waals surface area contributed by atoms with E-state index in [9.17, 15) is 13.2 Å². The molecule has 0 spiro atoms. The van der Waals surface area contributed by atoms with E-state index in [1.807, 2.05) is 6.92 Å². The maximum absolute atomic E-state index is 12.2. The number of imidazole rings is 1. The van der Waals surface area contributed by atoms with Crippen molar-refractivity contribution in [3.8, 4) is 0 Å². The number of H-pyrrole nitrogens is 1. The van der Waals surface area contributed by atoms with Crippen LogP contribution in [-0.4, -0.2) is 47.2 Å². The number of aryl methyl sites for hydroxylation is 1. The third kappa shape index (κ3) is 4.83. The summed E-state index contributed by atoms with van der Waals surface area (Å²) in [7, 11) is 0. The van der Waals surface area contributed by atoms with E-state index in [0.717, 1.165) is 24.5 Å². The van der Waals surface area contributed by atoms with Crippen molar-refractivity contribution in [2.75, 3.05) is 26.2 Å². The molecule has 1 fully saturated rings. The standard InChI is InChI=1S/C12H19F3N4/c1-9-17-6-11(18-9)5-16-4-10-2-3-19(7-10)8-12(13,14)15/h6,10,16H,2-5,7-8H2,1H3,(H,17,18). The van der Waals surface area contributed by atoms with E-state index < -0.39 is 12.7 Å². The zero-order valence-electron chi connectivity index (χ0n) is 10.9. The Morgan fingerprint density at radius 3 is 2.95 bits per heavy atom. The zero-order valence-corrected chi connectivity index (χ0v) is 10.9. The van der Waals surface area contributed by atoms with Gasteiger partial charge in [-0.1, -0.05) is 0 Å². The Balaban J connectivity index is 1.65. The maximum atomic E-state index is 12.2. The van der Waals surface area contributed by atoms with Crippen molar-refractivity contribution in [3.05, 3.63) is 17.7 Å². The van der Waals surface area contributed by atoms with Gasteiger partial charge < -0.3 is 10.3 Å². The summed E-state index contributed by atoms with van der Waals surface area (Å²) in [6.07, 6.45) is -1.49. The van der Waals surface area contributed by atoms with Crippen LogP contribution in [0.3, 0.4) is 0 Å². The fourth-order valence-corrected chi connectivity index (χ4v) is 2.45. The summed E-state index contributed by atoms with van der Waals surface area (Å²) in [5, 5.41) is 3.26. The number of halogens is 3. The molecule has 2 rings (SSSR count). The SMILES string of the molecule is Cc1ncc(CNCC2CCN(CC(F)(F)F)C2)[nH]1. The van der Waals surface area contributed by atoms with Crippen LogP contribution in [0.4, 0.5) is 13.2 Å². The smallest absolute Gasteiger partial charge is 0.345 e. The van der Waals surface area contributed by atoms with Crippen molar-refractivity contribution >= 4 is 0 Å². The number of rotatable bonds is 5. The molecule has 4 nitrogen and oxygen atoms in total. The highest BCUT2D eigenvalue weighted by molar-refractivity contribution is 4.99. The van der Waals surface area contributed by atoms with Crippen LogP contribution in [0, 0.1) is 12.8 Å². The Labute approximate surface area is 110 Å². The summed E-state index contributed by atoms with van der Waals surface area (Å²) in [4.78, 5) is 8.68. The van der Waals surface area contributed by atoms with E-state index in [1.54, 1.807) is 6.20 Å². The molecule has 2 heterocycles. The van der Waals surface area contributed by atoms with E-state index in [2.05, 4.69) is 15.3 Å². The molecule has 7 heteroatoms. The average molecular weight is 276 g/mol. The Morgan fingerprint density at radius 2 is 2.32 bits per heavy atom. The predicted molar refractivity (Wildman–Crippen MR) is 65.6 cm³/mol. The van der Waals surface area contributed by atoms with Crippen LogP contribution in [0.5, 0.6) is 0 Å². The zero-order chi connectivity index (χ0) is 13.9. The lowest BCUT2D eigenvalue weighted by Gasteiger charge is -2.17. The summed E-state index contributed by atoms with van der Waals surface area (Å²) >= 11 is 0. The number of aromatic nitrogens is 2. The van der Waals surface area contributed by atoms with Crippen LogP contribution in [0.15, 0.2) is 6.20 Å². The molecule has 1 unspecified atom stereocenters. The average Bonchev–Trinajstić information content (AvgIpc) is 2.86. The number of aromatic amines is 1. The minimum Gasteiger partial charge on any atom is -0.345 e. The van der Waals surface area contributed by atoms with Gasteiger partial charge in [0.05, 0.1) is 6.54 Å². The first-order valence-electron chi connectivity index (χ1n) is 6.43. The molecule has 1 aromatic heterocycles. The Hall–Kier alpha value is -1.08. The van der Waals surface area contributed by atoms with Crippen molar-refractivity contribution in [1.29, 1.82) is 0 Å². The molecule has 0 saturated carbocycles. The normalized spacial score (nSPS) is 21.2. The van der Waals surface area contributed by atoms with E-state index in [1.165, 1.54) is 4.90 Å². The topological polar surface area (TPSA) is 44.0 Å². The van der Waals surface area contributed by atoms with Gasteiger partial charge in [0.25, 0.3) is 0 Å². The Kier molecular flexibility index (Phi) is 4.46. The second-order valence-corrected chi connectivity index (χ2v) is 5.13. The summed E-state index contributed by atoms with van der Waals surface area (Å²) in [5.74, 6) is 1.17. The molecule has 2 N–H and O–H groups in total. The first-order chi connectivity index (χ1) is 8.92. The summed E-state index contributed by atoms with van der Waals surface area (Å²) < 4.78 is 36.7. The van der Waals surface area contributed by atoms with Gasteiger partial charge in [0, 0.05) is 25.0 Å². The van der Waals surface area contributed by atoms with Crippen molar-refractivity contribution in [2.45, 2.75) is 26.1 Å². The van der Waals surface area contributed by atoms with E-state index in [0.29, 0.717) is 25.6 Å². The second-order valence-electron chi connectivity index (χ2n) is 5.13. The molecule has 1 aromatic rings. The van der Waals surface area contributed by atoms with Gasteiger partial charge in [-0.25, -0.2) is 4.98 Å². The van der Waals surface area contributed by atoms with Gasteiger partial charge in [0.1, 0.15) is 5.82 Å². The highest BCUT2D eigenvalue weighted by Crippen LogP contribution is 2.22. The highest BCUT2D eigenvalue weighted by atomic mass is 19.4.